The minimum Gasteiger partial charge on any atom is -0.449 e. The van der Waals surface area contributed by atoms with Gasteiger partial charge in [0.25, 0.3) is 0 Å². The Morgan fingerprint density at radius 3 is 2.80 bits per heavy atom. The number of aromatic nitrogens is 1. The van der Waals surface area contributed by atoms with Gasteiger partial charge in [0.15, 0.2) is 9.69 Å². The molecule has 0 aliphatic carbocycles. The zero-order valence-corrected chi connectivity index (χ0v) is 10.7. The molecule has 0 aliphatic heterocycles. The lowest BCUT2D eigenvalue weighted by molar-refractivity contribution is 0.532. The summed E-state index contributed by atoms with van der Waals surface area (Å²) in [6.45, 7) is 0. The fourth-order valence-corrected chi connectivity index (χ4v) is 2.90. The highest BCUT2D eigenvalue weighted by Gasteiger charge is 2.02. The van der Waals surface area contributed by atoms with Crippen LogP contribution in [0.25, 0.3) is 0 Å². The van der Waals surface area contributed by atoms with Crippen LogP contribution in [0.3, 0.4) is 0 Å². The van der Waals surface area contributed by atoms with Crippen LogP contribution in [0.1, 0.15) is 11.5 Å². The van der Waals surface area contributed by atoms with Crippen molar-refractivity contribution in [1.29, 1.82) is 0 Å². The fourth-order valence-electron chi connectivity index (χ4n) is 1.03. The van der Waals surface area contributed by atoms with Crippen molar-refractivity contribution in [2.75, 3.05) is 0 Å². The molecule has 0 aliphatic rings. The van der Waals surface area contributed by atoms with Gasteiger partial charge in [-0.1, -0.05) is 11.6 Å². The maximum absolute atomic E-state index is 5.72. The molecule has 80 valence electrons. The molecule has 6 heteroatoms. The van der Waals surface area contributed by atoms with Crippen molar-refractivity contribution in [3.05, 3.63) is 38.7 Å². The van der Waals surface area contributed by atoms with Gasteiger partial charge >= 0.3 is 0 Å². The average molecular weight is 280 g/mol. The van der Waals surface area contributed by atoms with E-state index in [9.17, 15) is 0 Å². The molecule has 0 fully saturated rings. The van der Waals surface area contributed by atoms with Gasteiger partial charge in [0.1, 0.15) is 5.76 Å². The van der Waals surface area contributed by atoms with Crippen LogP contribution in [-0.4, -0.2) is 4.98 Å². The summed E-state index contributed by atoms with van der Waals surface area (Å²) in [5.41, 5.74) is 1.01. The van der Waals surface area contributed by atoms with Gasteiger partial charge in [-0.15, -0.1) is 23.1 Å². The monoisotopic (exact) mass is 279 g/mol. The van der Waals surface area contributed by atoms with E-state index in [4.69, 9.17) is 27.6 Å². The number of hydrogen-bond donors (Lipinski definition) is 0. The highest BCUT2D eigenvalue weighted by Crippen LogP contribution is 2.23. The van der Waals surface area contributed by atoms with E-state index < -0.39 is 0 Å². The third-order valence-corrected chi connectivity index (χ3v) is 3.87. The first kappa shape index (κ1) is 11.3. The van der Waals surface area contributed by atoms with Crippen molar-refractivity contribution in [1.82, 2.24) is 4.98 Å². The van der Waals surface area contributed by atoms with Crippen LogP contribution in [0.15, 0.2) is 21.9 Å². The van der Waals surface area contributed by atoms with E-state index in [0.29, 0.717) is 9.69 Å². The average Bonchev–Trinajstić information content (AvgIpc) is 2.76. The first-order valence-corrected chi connectivity index (χ1v) is 6.95. The first-order valence-electron chi connectivity index (χ1n) is 4.16. The van der Waals surface area contributed by atoms with Gasteiger partial charge in [0.05, 0.1) is 11.4 Å². The molecule has 2 aromatic heterocycles. The van der Waals surface area contributed by atoms with E-state index in [-0.39, 0.29) is 0 Å². The largest absolute Gasteiger partial charge is 0.449 e. The Hall–Kier alpha value is -0.160. The van der Waals surface area contributed by atoms with E-state index >= 15 is 0 Å². The number of thiazole rings is 1. The summed E-state index contributed by atoms with van der Waals surface area (Å²) in [6, 6.07) is 3.63. The highest BCUT2D eigenvalue weighted by molar-refractivity contribution is 7.97. The molecule has 0 saturated carbocycles. The second-order valence-electron chi connectivity index (χ2n) is 2.79. The molecule has 0 spiro atoms. The summed E-state index contributed by atoms with van der Waals surface area (Å²) in [5, 5.41) is 2.40. The number of rotatable bonds is 4. The van der Waals surface area contributed by atoms with Gasteiger partial charge in [-0.25, -0.2) is 4.98 Å². The quantitative estimate of drug-likeness (QED) is 0.826. The van der Waals surface area contributed by atoms with Gasteiger partial charge in [-0.05, 0) is 23.7 Å². The number of thioether (sulfide) groups is 1. The van der Waals surface area contributed by atoms with Crippen LogP contribution in [0.4, 0.5) is 0 Å². The zero-order chi connectivity index (χ0) is 10.7. The Bertz CT molecular complexity index is 401. The van der Waals surface area contributed by atoms with Crippen molar-refractivity contribution in [3.8, 4) is 0 Å². The molecule has 2 heterocycles. The topological polar surface area (TPSA) is 26.0 Å². The van der Waals surface area contributed by atoms with Crippen molar-refractivity contribution in [2.24, 2.45) is 0 Å². The molecule has 0 saturated heterocycles. The summed E-state index contributed by atoms with van der Waals surface area (Å²) in [6.07, 6.45) is 0. The second-order valence-corrected chi connectivity index (χ2v) is 5.59. The SMILES string of the molecule is Clc1ccc(CSCc2csc(Cl)n2)o1. The van der Waals surface area contributed by atoms with Gasteiger partial charge < -0.3 is 4.42 Å². The van der Waals surface area contributed by atoms with Crippen LogP contribution in [0.5, 0.6) is 0 Å². The minimum atomic E-state index is 0.433. The van der Waals surface area contributed by atoms with Crippen molar-refractivity contribution in [2.45, 2.75) is 11.5 Å². The molecule has 2 aromatic rings. The molecule has 0 unspecified atom stereocenters. The third kappa shape index (κ3) is 3.41. The Labute approximate surface area is 106 Å². The van der Waals surface area contributed by atoms with Gasteiger partial charge in [-0.2, -0.15) is 0 Å². The number of nitrogens with zero attached hydrogens (tertiary/aromatic N) is 1. The van der Waals surface area contributed by atoms with E-state index in [1.54, 1.807) is 17.8 Å². The lowest BCUT2D eigenvalue weighted by Crippen LogP contribution is -1.81. The third-order valence-electron chi connectivity index (χ3n) is 1.65. The molecule has 0 amide bonds. The molecule has 0 bridgehead atoms. The number of halogens is 2. The maximum Gasteiger partial charge on any atom is 0.193 e. The zero-order valence-electron chi connectivity index (χ0n) is 7.57. The molecule has 0 N–H and O–H groups in total. The Kier molecular flexibility index (Phi) is 3.97. The van der Waals surface area contributed by atoms with Crippen LogP contribution in [0, 0.1) is 0 Å². The second kappa shape index (κ2) is 5.25. The summed E-state index contributed by atoms with van der Waals surface area (Å²) in [4.78, 5) is 4.15. The summed E-state index contributed by atoms with van der Waals surface area (Å²) in [7, 11) is 0. The summed E-state index contributed by atoms with van der Waals surface area (Å²) in [5.74, 6) is 2.51. The van der Waals surface area contributed by atoms with Crippen LogP contribution < -0.4 is 0 Å². The standard InChI is InChI=1S/C9H7Cl2NOS2/c10-8-2-1-7(13-8)5-14-3-6-4-15-9(11)12-6/h1-2,4H,3,5H2. The van der Waals surface area contributed by atoms with E-state index in [2.05, 4.69) is 4.98 Å². The van der Waals surface area contributed by atoms with Crippen molar-refractivity contribution < 1.29 is 4.42 Å². The Morgan fingerprint density at radius 1 is 1.33 bits per heavy atom. The van der Waals surface area contributed by atoms with Gasteiger partial charge in [0.2, 0.25) is 0 Å². The minimum absolute atomic E-state index is 0.433. The molecular formula is C9H7Cl2NOS2. The van der Waals surface area contributed by atoms with Crippen LogP contribution >= 0.6 is 46.3 Å². The number of furan rings is 1. The molecule has 2 rings (SSSR count). The Morgan fingerprint density at radius 2 is 2.20 bits per heavy atom. The summed E-state index contributed by atoms with van der Waals surface area (Å²) < 4.78 is 5.82. The van der Waals surface area contributed by atoms with E-state index in [0.717, 1.165) is 23.0 Å². The van der Waals surface area contributed by atoms with E-state index in [1.807, 2.05) is 11.4 Å². The number of hydrogen-bond acceptors (Lipinski definition) is 4. The predicted molar refractivity (Wildman–Crippen MR) is 65.8 cm³/mol. The Balaban J connectivity index is 1.80. The van der Waals surface area contributed by atoms with Gasteiger partial charge in [-0.3, -0.25) is 0 Å². The molecular weight excluding hydrogens is 273 g/mol. The fraction of sp³-hybridized carbons (Fsp3) is 0.222. The predicted octanol–water partition coefficient (Wildman–Crippen LogP) is 4.48. The molecule has 15 heavy (non-hydrogen) atoms. The van der Waals surface area contributed by atoms with Crippen molar-refractivity contribution in [3.63, 3.8) is 0 Å². The smallest absolute Gasteiger partial charge is 0.193 e. The first-order chi connectivity index (χ1) is 7.24. The maximum atomic E-state index is 5.72. The lowest BCUT2D eigenvalue weighted by atomic mass is 10.5. The molecule has 2 nitrogen and oxygen atoms in total. The molecule has 0 atom stereocenters. The molecule has 0 radical (unpaired) electrons. The molecule has 0 aromatic carbocycles. The highest BCUT2D eigenvalue weighted by atomic mass is 35.5. The summed E-state index contributed by atoms with van der Waals surface area (Å²) >= 11 is 14.5. The lowest BCUT2D eigenvalue weighted by Gasteiger charge is -1.95. The van der Waals surface area contributed by atoms with E-state index in [1.165, 1.54) is 11.3 Å². The van der Waals surface area contributed by atoms with Crippen LogP contribution in [0.2, 0.25) is 9.69 Å². The normalized spacial score (nSPS) is 10.8. The van der Waals surface area contributed by atoms with Crippen molar-refractivity contribution >= 4 is 46.3 Å². The van der Waals surface area contributed by atoms with Crippen LogP contribution in [-0.2, 0) is 11.5 Å². The van der Waals surface area contributed by atoms with Gasteiger partial charge in [0, 0.05) is 11.1 Å².